The molecule has 0 aliphatic carbocycles. The van der Waals surface area contributed by atoms with Gasteiger partial charge in [0.15, 0.2) is 0 Å². The maximum atomic E-state index is 5.91. The third-order valence-corrected chi connectivity index (χ3v) is 4.45. The van der Waals surface area contributed by atoms with Crippen molar-refractivity contribution in [1.82, 2.24) is 10.3 Å². The summed E-state index contributed by atoms with van der Waals surface area (Å²) < 4.78 is 0. The molecule has 1 aromatic carbocycles. The number of halogens is 1. The van der Waals surface area contributed by atoms with Crippen molar-refractivity contribution in [2.45, 2.75) is 33.7 Å². The summed E-state index contributed by atoms with van der Waals surface area (Å²) in [6.07, 6.45) is 0.882. The van der Waals surface area contributed by atoms with Crippen LogP contribution in [0.5, 0.6) is 0 Å². The summed E-state index contributed by atoms with van der Waals surface area (Å²) >= 11 is 7.71. The smallest absolute Gasteiger partial charge is 0.0975 e. The van der Waals surface area contributed by atoms with E-state index in [-0.39, 0.29) is 0 Å². The van der Waals surface area contributed by atoms with Crippen LogP contribution in [0.15, 0.2) is 24.3 Å². The Morgan fingerprint density at radius 3 is 2.60 bits per heavy atom. The summed E-state index contributed by atoms with van der Waals surface area (Å²) in [5.74, 6) is 0.678. The van der Waals surface area contributed by atoms with Crippen molar-refractivity contribution >= 4 is 22.9 Å². The van der Waals surface area contributed by atoms with Gasteiger partial charge in [-0.2, -0.15) is 0 Å². The Bertz CT molecular complexity index is 546. The largest absolute Gasteiger partial charge is 0.312 e. The molecular weight excluding hydrogens is 288 g/mol. The number of hydrogen-bond acceptors (Lipinski definition) is 3. The van der Waals surface area contributed by atoms with Gasteiger partial charge in [0.25, 0.3) is 0 Å². The van der Waals surface area contributed by atoms with Gasteiger partial charge in [-0.05, 0) is 37.1 Å². The zero-order chi connectivity index (χ0) is 14.5. The number of nitrogens with one attached hydrogen (secondary N) is 1. The van der Waals surface area contributed by atoms with E-state index in [1.165, 1.54) is 15.4 Å². The van der Waals surface area contributed by atoms with Gasteiger partial charge >= 0.3 is 0 Å². The van der Waals surface area contributed by atoms with Gasteiger partial charge in [0.2, 0.25) is 0 Å². The molecule has 1 N–H and O–H groups in total. The predicted octanol–water partition coefficient (Wildman–Crippen LogP) is 4.44. The Morgan fingerprint density at radius 2 is 1.95 bits per heavy atom. The van der Waals surface area contributed by atoms with E-state index >= 15 is 0 Å². The van der Waals surface area contributed by atoms with Gasteiger partial charge in [-0.25, -0.2) is 4.98 Å². The van der Waals surface area contributed by atoms with Gasteiger partial charge in [-0.1, -0.05) is 37.6 Å². The minimum atomic E-state index is 0.678. The molecule has 0 saturated heterocycles. The summed E-state index contributed by atoms with van der Waals surface area (Å²) in [5, 5.41) is 5.43. The molecule has 0 spiro atoms. The molecule has 0 saturated carbocycles. The molecule has 2 rings (SSSR count). The van der Waals surface area contributed by atoms with E-state index in [4.69, 9.17) is 11.6 Å². The van der Waals surface area contributed by atoms with Gasteiger partial charge < -0.3 is 5.32 Å². The molecule has 0 unspecified atom stereocenters. The summed E-state index contributed by atoms with van der Waals surface area (Å²) in [4.78, 5) is 6.01. The van der Waals surface area contributed by atoms with Crippen LogP contribution < -0.4 is 5.32 Å². The number of rotatable bonds is 6. The molecule has 0 aliphatic rings. The predicted molar refractivity (Wildman–Crippen MR) is 87.7 cm³/mol. The topological polar surface area (TPSA) is 24.9 Å². The zero-order valence-corrected chi connectivity index (χ0v) is 13.8. The molecule has 2 nitrogen and oxygen atoms in total. The zero-order valence-electron chi connectivity index (χ0n) is 12.2. The average molecular weight is 309 g/mol. The lowest BCUT2D eigenvalue weighted by molar-refractivity contribution is 0.554. The molecule has 2 aromatic rings. The molecule has 0 fully saturated rings. The van der Waals surface area contributed by atoms with Gasteiger partial charge in [-0.15, -0.1) is 11.3 Å². The van der Waals surface area contributed by atoms with Crippen LogP contribution in [0.25, 0.3) is 0 Å². The molecule has 0 bridgehead atoms. The van der Waals surface area contributed by atoms with E-state index in [1.54, 1.807) is 11.3 Å². The molecule has 4 heteroatoms. The van der Waals surface area contributed by atoms with Crippen LogP contribution in [0.2, 0.25) is 5.02 Å². The van der Waals surface area contributed by atoms with Crippen LogP contribution in [-0.2, 0) is 13.0 Å². The van der Waals surface area contributed by atoms with Gasteiger partial charge in [-0.3, -0.25) is 0 Å². The highest BCUT2D eigenvalue weighted by atomic mass is 35.5. The third-order valence-electron chi connectivity index (χ3n) is 3.04. The fraction of sp³-hybridized carbons (Fsp3) is 0.438. The molecular formula is C16H21ClN2S. The normalized spacial score (nSPS) is 11.2. The van der Waals surface area contributed by atoms with Crippen molar-refractivity contribution < 1.29 is 0 Å². The number of thiazole rings is 1. The first-order chi connectivity index (χ1) is 9.54. The van der Waals surface area contributed by atoms with Crippen LogP contribution >= 0.6 is 22.9 Å². The number of benzene rings is 1. The molecule has 0 radical (unpaired) electrons. The second-order valence-corrected chi connectivity index (χ2v) is 7.05. The highest BCUT2D eigenvalue weighted by Gasteiger charge is 2.08. The fourth-order valence-electron chi connectivity index (χ4n) is 1.98. The van der Waals surface area contributed by atoms with Crippen molar-refractivity contribution in [3.63, 3.8) is 0 Å². The highest BCUT2D eigenvalue weighted by Crippen LogP contribution is 2.21. The lowest BCUT2D eigenvalue weighted by Crippen LogP contribution is -2.18. The Morgan fingerprint density at radius 1 is 1.25 bits per heavy atom. The van der Waals surface area contributed by atoms with Gasteiger partial charge in [0, 0.05) is 22.9 Å². The first-order valence-electron chi connectivity index (χ1n) is 6.95. The number of aryl methyl sites for hydroxylation is 1. The molecule has 20 heavy (non-hydrogen) atoms. The quantitative estimate of drug-likeness (QED) is 0.853. The summed E-state index contributed by atoms with van der Waals surface area (Å²) in [7, 11) is 0. The van der Waals surface area contributed by atoms with E-state index in [0.717, 1.165) is 30.2 Å². The highest BCUT2D eigenvalue weighted by molar-refractivity contribution is 7.11. The van der Waals surface area contributed by atoms with Crippen molar-refractivity contribution in [3.05, 3.63) is 50.4 Å². The minimum absolute atomic E-state index is 0.678. The van der Waals surface area contributed by atoms with Crippen LogP contribution in [-0.4, -0.2) is 11.5 Å². The minimum Gasteiger partial charge on any atom is -0.312 e. The lowest BCUT2D eigenvalue weighted by Gasteiger charge is -2.05. The Hall–Kier alpha value is -0.900. The first-order valence-corrected chi connectivity index (χ1v) is 8.14. The summed E-state index contributed by atoms with van der Waals surface area (Å²) in [6, 6.07) is 8.00. The maximum absolute atomic E-state index is 5.91. The molecule has 1 heterocycles. The summed E-state index contributed by atoms with van der Waals surface area (Å²) in [5.41, 5.74) is 2.40. The molecule has 0 atom stereocenters. The van der Waals surface area contributed by atoms with Crippen molar-refractivity contribution in [3.8, 4) is 0 Å². The average Bonchev–Trinajstić information content (AvgIpc) is 2.72. The van der Waals surface area contributed by atoms with E-state index < -0.39 is 0 Å². The second kappa shape index (κ2) is 7.21. The fourth-order valence-corrected chi connectivity index (χ4v) is 3.18. The number of aromatic nitrogens is 1. The molecule has 108 valence electrons. The number of nitrogens with zero attached hydrogens (tertiary/aromatic N) is 1. The SMILES string of the molecule is Cc1nc(Cc2ccc(Cl)cc2)sc1CNCC(C)C. The third kappa shape index (κ3) is 4.58. The van der Waals surface area contributed by atoms with Crippen LogP contribution in [0.3, 0.4) is 0 Å². The van der Waals surface area contributed by atoms with Crippen molar-refractivity contribution in [1.29, 1.82) is 0 Å². The Kier molecular flexibility index (Phi) is 5.58. The lowest BCUT2D eigenvalue weighted by atomic mass is 10.2. The van der Waals surface area contributed by atoms with Crippen molar-refractivity contribution in [2.24, 2.45) is 5.92 Å². The van der Waals surface area contributed by atoms with Gasteiger partial charge in [0.1, 0.15) is 0 Å². The second-order valence-electron chi connectivity index (χ2n) is 5.44. The van der Waals surface area contributed by atoms with E-state index in [1.807, 2.05) is 12.1 Å². The first kappa shape index (κ1) is 15.5. The standard InChI is InChI=1S/C16H21ClN2S/c1-11(2)9-18-10-15-12(3)19-16(20-15)8-13-4-6-14(17)7-5-13/h4-7,11,18H,8-10H2,1-3H3. The monoisotopic (exact) mass is 308 g/mol. The van der Waals surface area contributed by atoms with Gasteiger partial charge in [0.05, 0.1) is 10.7 Å². The van der Waals surface area contributed by atoms with Crippen LogP contribution in [0.4, 0.5) is 0 Å². The van der Waals surface area contributed by atoms with E-state index in [0.29, 0.717) is 5.92 Å². The number of hydrogen-bond donors (Lipinski definition) is 1. The Balaban J connectivity index is 1.97. The molecule has 0 amide bonds. The van der Waals surface area contributed by atoms with Crippen molar-refractivity contribution in [2.75, 3.05) is 6.54 Å². The molecule has 1 aromatic heterocycles. The molecule has 0 aliphatic heterocycles. The van der Waals surface area contributed by atoms with E-state index in [2.05, 4.69) is 43.2 Å². The Labute approximate surface area is 130 Å². The van der Waals surface area contributed by atoms with Crippen LogP contribution in [0.1, 0.15) is 35.0 Å². The maximum Gasteiger partial charge on any atom is 0.0975 e. The summed E-state index contributed by atoms with van der Waals surface area (Å²) in [6.45, 7) is 8.50. The van der Waals surface area contributed by atoms with Crippen LogP contribution in [0, 0.1) is 12.8 Å². The van der Waals surface area contributed by atoms with E-state index in [9.17, 15) is 0 Å².